The molecule has 7 heteroatoms. The van der Waals surface area contributed by atoms with Gasteiger partial charge in [0.2, 0.25) is 11.7 Å². The topological polar surface area (TPSA) is 83.7 Å². The maximum atomic E-state index is 12.2. The molecule has 0 aliphatic heterocycles. The largest absolute Gasteiger partial charge is 0.497 e. The molecule has 3 aromatic carbocycles. The Bertz CT molecular complexity index is 1140. The lowest BCUT2D eigenvalue weighted by Gasteiger charge is -2.07. The molecule has 0 saturated heterocycles. The first-order valence-electron chi connectivity index (χ1n) is 10.1. The van der Waals surface area contributed by atoms with Gasteiger partial charge in [-0.15, -0.1) is 0 Å². The fourth-order valence-corrected chi connectivity index (χ4v) is 2.95. The van der Waals surface area contributed by atoms with Gasteiger partial charge in [-0.2, -0.15) is 4.98 Å². The molecule has 162 valence electrons. The molecule has 0 atom stereocenters. The molecule has 0 fully saturated rings. The number of ether oxygens (including phenoxy) is 3. The van der Waals surface area contributed by atoms with Crippen molar-refractivity contribution in [2.45, 2.75) is 19.4 Å². The second-order valence-corrected chi connectivity index (χ2v) is 6.96. The first-order chi connectivity index (χ1) is 15.7. The highest BCUT2D eigenvalue weighted by molar-refractivity contribution is 5.72. The second kappa shape index (κ2) is 10.3. The summed E-state index contributed by atoms with van der Waals surface area (Å²) in [7, 11) is 1.61. The summed E-state index contributed by atoms with van der Waals surface area (Å²) in [5.41, 5.74) is 1.89. The Morgan fingerprint density at radius 1 is 0.875 bits per heavy atom. The summed E-state index contributed by atoms with van der Waals surface area (Å²) in [6.45, 7) is 0.475. The van der Waals surface area contributed by atoms with Crippen molar-refractivity contribution >= 4 is 5.97 Å². The van der Waals surface area contributed by atoms with E-state index in [-0.39, 0.29) is 12.4 Å². The Morgan fingerprint density at radius 2 is 1.56 bits per heavy atom. The van der Waals surface area contributed by atoms with E-state index in [2.05, 4.69) is 10.1 Å². The van der Waals surface area contributed by atoms with Crippen LogP contribution in [-0.4, -0.2) is 23.2 Å². The fraction of sp³-hybridized carbons (Fsp3) is 0.160. The van der Waals surface area contributed by atoms with Crippen LogP contribution >= 0.6 is 0 Å². The molecule has 0 spiro atoms. The summed E-state index contributed by atoms with van der Waals surface area (Å²) in [5, 5.41) is 3.96. The van der Waals surface area contributed by atoms with Gasteiger partial charge in [0, 0.05) is 12.0 Å². The van der Waals surface area contributed by atoms with Crippen LogP contribution in [0.2, 0.25) is 0 Å². The Morgan fingerprint density at radius 3 is 2.28 bits per heavy atom. The molecule has 0 radical (unpaired) electrons. The van der Waals surface area contributed by atoms with Gasteiger partial charge in [0.15, 0.2) is 0 Å². The SMILES string of the molecule is COc1ccc(-c2noc(CCC(=O)Oc3ccc(OCc4ccccc4)cc3)n2)cc1. The van der Waals surface area contributed by atoms with Crippen LogP contribution in [0.15, 0.2) is 83.4 Å². The lowest BCUT2D eigenvalue weighted by atomic mass is 10.2. The molecule has 0 aliphatic rings. The summed E-state index contributed by atoms with van der Waals surface area (Å²) in [5.74, 6) is 2.35. The minimum absolute atomic E-state index is 0.122. The lowest BCUT2D eigenvalue weighted by molar-refractivity contribution is -0.134. The number of methoxy groups -OCH3 is 1. The summed E-state index contributed by atoms with van der Waals surface area (Å²) >= 11 is 0. The number of benzene rings is 3. The van der Waals surface area contributed by atoms with E-state index < -0.39 is 0 Å². The molecule has 0 bridgehead atoms. The van der Waals surface area contributed by atoms with Crippen LogP contribution in [0, 0.1) is 0 Å². The van der Waals surface area contributed by atoms with Gasteiger partial charge < -0.3 is 18.7 Å². The number of aryl methyl sites for hydroxylation is 1. The monoisotopic (exact) mass is 430 g/mol. The number of aromatic nitrogens is 2. The highest BCUT2D eigenvalue weighted by Crippen LogP contribution is 2.21. The summed E-state index contributed by atoms with van der Waals surface area (Å²) in [6.07, 6.45) is 0.413. The number of esters is 1. The highest BCUT2D eigenvalue weighted by atomic mass is 16.5. The smallest absolute Gasteiger partial charge is 0.311 e. The number of hydrogen-bond donors (Lipinski definition) is 0. The maximum absolute atomic E-state index is 12.2. The lowest BCUT2D eigenvalue weighted by Crippen LogP contribution is -2.09. The van der Waals surface area contributed by atoms with Crippen molar-refractivity contribution in [1.82, 2.24) is 10.1 Å². The van der Waals surface area contributed by atoms with E-state index in [1.165, 1.54) is 0 Å². The van der Waals surface area contributed by atoms with Gasteiger partial charge in [0.1, 0.15) is 23.9 Å². The average Bonchev–Trinajstić information content (AvgIpc) is 3.32. The molecule has 1 aromatic heterocycles. The van der Waals surface area contributed by atoms with Crippen LogP contribution in [0.3, 0.4) is 0 Å². The number of carbonyl (C=O) groups is 1. The predicted octanol–water partition coefficient (Wildman–Crippen LogP) is 4.86. The van der Waals surface area contributed by atoms with E-state index in [0.29, 0.717) is 36.2 Å². The third-order valence-electron chi connectivity index (χ3n) is 4.66. The van der Waals surface area contributed by atoms with Gasteiger partial charge in [-0.3, -0.25) is 4.79 Å². The minimum atomic E-state index is -0.382. The molecular weight excluding hydrogens is 408 g/mol. The highest BCUT2D eigenvalue weighted by Gasteiger charge is 2.12. The zero-order chi connectivity index (χ0) is 22.2. The fourth-order valence-electron chi connectivity index (χ4n) is 2.95. The Hall–Kier alpha value is -4.13. The van der Waals surface area contributed by atoms with E-state index >= 15 is 0 Å². The third kappa shape index (κ3) is 5.72. The quantitative estimate of drug-likeness (QED) is 0.277. The molecule has 1 heterocycles. The second-order valence-electron chi connectivity index (χ2n) is 6.96. The molecule has 7 nitrogen and oxygen atoms in total. The molecule has 0 unspecified atom stereocenters. The zero-order valence-electron chi connectivity index (χ0n) is 17.6. The van der Waals surface area contributed by atoms with E-state index in [9.17, 15) is 4.79 Å². The Labute approximate surface area is 185 Å². The normalized spacial score (nSPS) is 10.5. The summed E-state index contributed by atoms with van der Waals surface area (Å²) in [6, 6.07) is 24.2. The first-order valence-corrected chi connectivity index (χ1v) is 10.1. The van der Waals surface area contributed by atoms with Crippen molar-refractivity contribution in [3.8, 4) is 28.6 Å². The standard InChI is InChI=1S/C25H22N2O5/c1-29-20-9-7-19(8-10-20)25-26-23(32-27-25)15-16-24(28)31-22-13-11-21(12-14-22)30-17-18-5-3-2-4-6-18/h2-14H,15-17H2,1H3. The van der Waals surface area contributed by atoms with Crippen LogP contribution < -0.4 is 14.2 Å². The van der Waals surface area contributed by atoms with Crippen molar-refractivity contribution < 1.29 is 23.5 Å². The van der Waals surface area contributed by atoms with E-state index in [4.69, 9.17) is 18.7 Å². The molecule has 4 rings (SSSR count). The average molecular weight is 430 g/mol. The minimum Gasteiger partial charge on any atom is -0.497 e. The molecule has 32 heavy (non-hydrogen) atoms. The maximum Gasteiger partial charge on any atom is 0.311 e. The van der Waals surface area contributed by atoms with Gasteiger partial charge in [-0.05, 0) is 54.1 Å². The van der Waals surface area contributed by atoms with Gasteiger partial charge in [-0.1, -0.05) is 35.5 Å². The van der Waals surface area contributed by atoms with Gasteiger partial charge in [0.05, 0.1) is 13.5 Å². The molecule has 0 aliphatic carbocycles. The summed E-state index contributed by atoms with van der Waals surface area (Å²) < 4.78 is 21.5. The third-order valence-corrected chi connectivity index (χ3v) is 4.66. The van der Waals surface area contributed by atoms with Gasteiger partial charge in [-0.25, -0.2) is 0 Å². The van der Waals surface area contributed by atoms with E-state index in [1.54, 1.807) is 31.4 Å². The Kier molecular flexibility index (Phi) is 6.77. The van der Waals surface area contributed by atoms with Crippen LogP contribution in [0.25, 0.3) is 11.4 Å². The first kappa shape index (κ1) is 21.1. The zero-order valence-corrected chi connectivity index (χ0v) is 17.6. The van der Waals surface area contributed by atoms with Crippen LogP contribution in [0.5, 0.6) is 17.2 Å². The molecular formula is C25H22N2O5. The number of nitrogens with zero attached hydrogens (tertiary/aromatic N) is 2. The number of carbonyl (C=O) groups excluding carboxylic acids is 1. The van der Waals surface area contributed by atoms with Crippen LogP contribution in [-0.2, 0) is 17.8 Å². The molecule has 0 amide bonds. The van der Waals surface area contributed by atoms with Gasteiger partial charge >= 0.3 is 5.97 Å². The van der Waals surface area contributed by atoms with E-state index in [0.717, 1.165) is 16.9 Å². The van der Waals surface area contributed by atoms with Crippen molar-refractivity contribution in [2.24, 2.45) is 0 Å². The molecule has 0 saturated carbocycles. The van der Waals surface area contributed by atoms with Crippen molar-refractivity contribution in [3.63, 3.8) is 0 Å². The molecule has 0 N–H and O–H groups in total. The van der Waals surface area contributed by atoms with Crippen molar-refractivity contribution in [3.05, 3.63) is 90.3 Å². The van der Waals surface area contributed by atoms with E-state index in [1.807, 2.05) is 54.6 Å². The summed E-state index contributed by atoms with van der Waals surface area (Å²) in [4.78, 5) is 16.5. The predicted molar refractivity (Wildman–Crippen MR) is 117 cm³/mol. The number of hydrogen-bond acceptors (Lipinski definition) is 7. The van der Waals surface area contributed by atoms with Crippen LogP contribution in [0.4, 0.5) is 0 Å². The van der Waals surface area contributed by atoms with Crippen molar-refractivity contribution in [2.75, 3.05) is 7.11 Å². The Balaban J connectivity index is 1.24. The van der Waals surface area contributed by atoms with Gasteiger partial charge in [0.25, 0.3) is 0 Å². The van der Waals surface area contributed by atoms with Crippen LogP contribution in [0.1, 0.15) is 17.9 Å². The number of rotatable bonds is 9. The van der Waals surface area contributed by atoms with Crippen molar-refractivity contribution in [1.29, 1.82) is 0 Å². The molecule has 4 aromatic rings.